The molecule has 5 aromatic rings. The van der Waals surface area contributed by atoms with E-state index in [-0.39, 0.29) is 5.52 Å². The van der Waals surface area contributed by atoms with E-state index in [2.05, 4.69) is 10.3 Å². The van der Waals surface area contributed by atoms with Gasteiger partial charge in [0.05, 0.1) is 16.5 Å². The van der Waals surface area contributed by atoms with Crippen molar-refractivity contribution in [3.63, 3.8) is 0 Å². The smallest absolute Gasteiger partial charge is 0.418 e. The molecular weight excluding hydrogens is 525 g/mol. The first-order valence-corrected chi connectivity index (χ1v) is 13.2. The third-order valence-electron chi connectivity index (χ3n) is 7.38. The van der Waals surface area contributed by atoms with Crippen molar-refractivity contribution in [2.24, 2.45) is 0 Å². The number of aromatic nitrogens is 1. The van der Waals surface area contributed by atoms with Crippen molar-refractivity contribution < 1.29 is 23.1 Å². The van der Waals surface area contributed by atoms with Crippen molar-refractivity contribution >= 4 is 22.6 Å². The van der Waals surface area contributed by atoms with Crippen LogP contribution in [0.15, 0.2) is 103 Å². The maximum Gasteiger partial charge on any atom is 0.418 e. The van der Waals surface area contributed by atoms with Crippen LogP contribution in [0.1, 0.15) is 41.7 Å². The predicted molar refractivity (Wildman–Crippen MR) is 156 cm³/mol. The maximum absolute atomic E-state index is 13.9. The van der Waals surface area contributed by atoms with Crippen LogP contribution in [-0.2, 0) is 29.4 Å². The lowest BCUT2D eigenvalue weighted by atomic mass is 9.84. The molecule has 5 rings (SSSR count). The molecule has 1 heterocycles. The van der Waals surface area contributed by atoms with Gasteiger partial charge in [0.25, 0.3) is 0 Å². The van der Waals surface area contributed by atoms with Crippen LogP contribution in [0.5, 0.6) is 0 Å². The van der Waals surface area contributed by atoms with Gasteiger partial charge in [-0.1, -0.05) is 78.9 Å². The summed E-state index contributed by atoms with van der Waals surface area (Å²) >= 11 is 0. The minimum absolute atomic E-state index is 0.0745. The number of para-hydroxylation sites is 1. The fourth-order valence-corrected chi connectivity index (χ4v) is 4.94. The van der Waals surface area contributed by atoms with Gasteiger partial charge in [-0.15, -0.1) is 0 Å². The number of alkyl halides is 3. The van der Waals surface area contributed by atoms with Crippen molar-refractivity contribution in [2.45, 2.75) is 38.4 Å². The number of carboxylic acid groups (broad SMARTS) is 1. The van der Waals surface area contributed by atoms with Gasteiger partial charge in [-0.25, -0.2) is 0 Å². The number of aliphatic carboxylic acids is 1. The zero-order chi connectivity index (χ0) is 29.2. The summed E-state index contributed by atoms with van der Waals surface area (Å²) < 4.78 is 41.6. The molecule has 4 nitrogen and oxygen atoms in total. The van der Waals surface area contributed by atoms with E-state index >= 15 is 0 Å². The van der Waals surface area contributed by atoms with E-state index in [1.807, 2.05) is 78.9 Å². The number of hydrogen-bond donors (Lipinski definition) is 2. The van der Waals surface area contributed by atoms with Gasteiger partial charge in [-0.05, 0) is 71.8 Å². The van der Waals surface area contributed by atoms with Crippen LogP contribution in [0, 0.1) is 0 Å². The summed E-state index contributed by atoms with van der Waals surface area (Å²) in [7, 11) is 0. The van der Waals surface area contributed by atoms with Crippen LogP contribution < -0.4 is 5.32 Å². The molecule has 7 heteroatoms. The Bertz CT molecular complexity index is 1700. The number of carbonyl (C=O) groups is 1. The Kier molecular flexibility index (Phi) is 7.54. The Hall–Kier alpha value is -4.65. The first-order chi connectivity index (χ1) is 19.5. The van der Waals surface area contributed by atoms with Crippen molar-refractivity contribution in [3.8, 4) is 11.1 Å². The number of rotatable bonds is 8. The second-order valence-corrected chi connectivity index (χ2v) is 10.6. The van der Waals surface area contributed by atoms with Gasteiger partial charge in [0.2, 0.25) is 0 Å². The van der Waals surface area contributed by atoms with Crippen molar-refractivity contribution in [2.75, 3.05) is 5.32 Å². The summed E-state index contributed by atoms with van der Waals surface area (Å²) in [5, 5.41) is 13.3. The van der Waals surface area contributed by atoms with E-state index in [0.29, 0.717) is 29.5 Å². The van der Waals surface area contributed by atoms with Crippen LogP contribution in [0.2, 0.25) is 0 Å². The van der Waals surface area contributed by atoms with Gasteiger partial charge in [-0.2, -0.15) is 13.2 Å². The molecule has 0 atom stereocenters. The quantitative estimate of drug-likeness (QED) is 0.202. The molecule has 0 aliphatic carbocycles. The molecule has 0 saturated heterocycles. The predicted octanol–water partition coefficient (Wildman–Crippen LogP) is 8.49. The monoisotopic (exact) mass is 554 g/mol. The van der Waals surface area contributed by atoms with E-state index < -0.39 is 23.1 Å². The minimum Gasteiger partial charge on any atom is -0.481 e. The summed E-state index contributed by atoms with van der Waals surface area (Å²) in [6.07, 6.45) is -2.45. The van der Waals surface area contributed by atoms with Crippen molar-refractivity contribution in [1.29, 1.82) is 0 Å². The third-order valence-corrected chi connectivity index (χ3v) is 7.38. The minimum atomic E-state index is -4.52. The summed E-state index contributed by atoms with van der Waals surface area (Å²) in [4.78, 5) is 15.9. The molecule has 41 heavy (non-hydrogen) atoms. The number of pyridine rings is 1. The van der Waals surface area contributed by atoms with Crippen LogP contribution in [0.4, 0.5) is 18.9 Å². The van der Waals surface area contributed by atoms with E-state index in [0.717, 1.165) is 34.0 Å². The topological polar surface area (TPSA) is 62.2 Å². The lowest BCUT2D eigenvalue weighted by Crippen LogP contribution is -2.28. The number of carboxylic acids is 1. The summed E-state index contributed by atoms with van der Waals surface area (Å²) in [5.41, 5.74) is 4.03. The Morgan fingerprint density at radius 3 is 2.24 bits per heavy atom. The largest absolute Gasteiger partial charge is 0.481 e. The molecule has 0 aliphatic heterocycles. The number of anilines is 1. The highest BCUT2D eigenvalue weighted by atomic mass is 19.4. The maximum atomic E-state index is 13.9. The van der Waals surface area contributed by atoms with Gasteiger partial charge in [-0.3, -0.25) is 9.78 Å². The number of nitrogens with one attached hydrogen (secondary N) is 1. The molecule has 1 aromatic heterocycles. The lowest BCUT2D eigenvalue weighted by molar-refractivity contribution is -0.142. The Morgan fingerprint density at radius 2 is 1.56 bits per heavy atom. The standard InChI is InChI=1S/C34H29F3N2O2/c1-33(2,32(40)41)26-16-14-23(15-17-26)20-38-27-11-6-10-24(19-27)30-25(18-22-8-4-3-5-9-22)21-39-31-28(30)12-7-13-29(31)34(35,36)37/h3-17,19,21,38H,18,20H2,1-2H3,(H,40,41). The molecule has 0 spiro atoms. The normalized spacial score (nSPS) is 11.9. The zero-order valence-electron chi connectivity index (χ0n) is 22.7. The molecule has 0 amide bonds. The van der Waals surface area contributed by atoms with Crippen molar-refractivity contribution in [1.82, 2.24) is 4.98 Å². The SMILES string of the molecule is CC(C)(C(=O)O)c1ccc(CNc2cccc(-c3c(Cc4ccccc4)cnc4c(C(F)(F)F)cccc34)c2)cc1. The Morgan fingerprint density at radius 1 is 0.854 bits per heavy atom. The summed E-state index contributed by atoms with van der Waals surface area (Å²) in [6, 6.07) is 29.0. The first kappa shape index (κ1) is 27.9. The highest BCUT2D eigenvalue weighted by molar-refractivity contribution is 5.98. The number of benzene rings is 4. The highest BCUT2D eigenvalue weighted by Crippen LogP contribution is 2.39. The average molecular weight is 555 g/mol. The average Bonchev–Trinajstić information content (AvgIpc) is 2.96. The number of nitrogens with zero attached hydrogens (tertiary/aromatic N) is 1. The van der Waals surface area contributed by atoms with Gasteiger partial charge in [0, 0.05) is 23.8 Å². The molecule has 0 fully saturated rings. The number of fused-ring (bicyclic) bond motifs is 1. The van der Waals surface area contributed by atoms with E-state index in [1.165, 1.54) is 6.07 Å². The van der Waals surface area contributed by atoms with E-state index in [9.17, 15) is 23.1 Å². The molecule has 0 unspecified atom stereocenters. The fourth-order valence-electron chi connectivity index (χ4n) is 4.94. The molecule has 0 radical (unpaired) electrons. The van der Waals surface area contributed by atoms with Crippen LogP contribution in [0.25, 0.3) is 22.0 Å². The Labute approximate surface area is 236 Å². The Balaban J connectivity index is 1.50. The van der Waals surface area contributed by atoms with Crippen LogP contribution in [-0.4, -0.2) is 16.1 Å². The van der Waals surface area contributed by atoms with Gasteiger partial charge in [0.1, 0.15) is 0 Å². The summed E-state index contributed by atoms with van der Waals surface area (Å²) in [6.45, 7) is 3.82. The molecule has 208 valence electrons. The van der Waals surface area contributed by atoms with E-state index in [1.54, 1.807) is 26.1 Å². The summed E-state index contributed by atoms with van der Waals surface area (Å²) in [5.74, 6) is -0.891. The second kappa shape index (κ2) is 11.1. The van der Waals surface area contributed by atoms with Gasteiger partial charge in [0.15, 0.2) is 0 Å². The van der Waals surface area contributed by atoms with E-state index in [4.69, 9.17) is 0 Å². The lowest BCUT2D eigenvalue weighted by Gasteiger charge is -2.20. The molecule has 2 N–H and O–H groups in total. The number of hydrogen-bond acceptors (Lipinski definition) is 3. The zero-order valence-corrected chi connectivity index (χ0v) is 22.7. The second-order valence-electron chi connectivity index (χ2n) is 10.6. The van der Waals surface area contributed by atoms with Crippen LogP contribution in [0.3, 0.4) is 0 Å². The highest BCUT2D eigenvalue weighted by Gasteiger charge is 2.34. The third kappa shape index (κ3) is 5.94. The molecule has 0 saturated carbocycles. The molecule has 0 aliphatic rings. The van der Waals surface area contributed by atoms with Gasteiger partial charge < -0.3 is 10.4 Å². The molecule has 4 aromatic carbocycles. The first-order valence-electron chi connectivity index (χ1n) is 13.2. The molecule has 0 bridgehead atoms. The van der Waals surface area contributed by atoms with Crippen LogP contribution >= 0.6 is 0 Å². The number of halogens is 3. The fraction of sp³-hybridized carbons (Fsp3) is 0.176. The molecular formula is C34H29F3N2O2. The van der Waals surface area contributed by atoms with Crippen molar-refractivity contribution in [3.05, 3.63) is 131 Å². The van der Waals surface area contributed by atoms with Gasteiger partial charge >= 0.3 is 12.1 Å².